The van der Waals surface area contributed by atoms with Gasteiger partial charge in [-0.2, -0.15) is 5.26 Å². The van der Waals surface area contributed by atoms with Crippen molar-refractivity contribution in [1.82, 2.24) is 10.3 Å². The summed E-state index contributed by atoms with van der Waals surface area (Å²) >= 11 is 12.2. The van der Waals surface area contributed by atoms with Gasteiger partial charge in [0, 0.05) is 49.8 Å². The molecular weight excluding hydrogens is 379 g/mol. The number of rotatable bonds is 5. The number of H-pyrrole nitrogens is 1. The number of nitrogens with zero attached hydrogens (tertiary/aromatic N) is 1. The first kappa shape index (κ1) is 17.5. The summed E-state index contributed by atoms with van der Waals surface area (Å²) in [5.41, 5.74) is 5.15. The van der Waals surface area contributed by atoms with Gasteiger partial charge in [0.25, 0.3) is 0 Å². The summed E-state index contributed by atoms with van der Waals surface area (Å²) in [4.78, 5) is 3.48. The summed E-state index contributed by atoms with van der Waals surface area (Å²) in [7, 11) is 0. The predicted molar refractivity (Wildman–Crippen MR) is 113 cm³/mol. The van der Waals surface area contributed by atoms with E-state index in [1.807, 2.05) is 48.7 Å². The number of halogens is 2. The molecule has 134 valence electrons. The molecule has 0 radical (unpaired) electrons. The molecule has 27 heavy (non-hydrogen) atoms. The molecule has 0 spiro atoms. The average molecular weight is 395 g/mol. The molecule has 0 aliphatic carbocycles. The van der Waals surface area contributed by atoms with Crippen LogP contribution in [-0.4, -0.2) is 11.5 Å². The second-order valence-corrected chi connectivity index (χ2v) is 7.17. The molecule has 6 heteroatoms. The molecule has 0 atom stereocenters. The van der Waals surface area contributed by atoms with Gasteiger partial charge in [-0.05, 0) is 66.6 Å². The molecule has 0 unspecified atom stereocenters. The van der Waals surface area contributed by atoms with Gasteiger partial charge in [0.2, 0.25) is 0 Å². The van der Waals surface area contributed by atoms with Crippen LogP contribution in [0.15, 0.2) is 54.6 Å². The summed E-state index contributed by atoms with van der Waals surface area (Å²) in [6, 6.07) is 17.6. The SMILES string of the molecule is N#CNCCc1cc(Nc2ccc(Cl)cc2)cc2c1[nH]c1ccc(Cl)cc12. The van der Waals surface area contributed by atoms with Crippen LogP contribution in [0.5, 0.6) is 0 Å². The molecule has 3 N–H and O–H groups in total. The molecule has 0 bridgehead atoms. The molecule has 0 aliphatic heterocycles. The highest BCUT2D eigenvalue weighted by Crippen LogP contribution is 2.33. The zero-order chi connectivity index (χ0) is 18.8. The van der Waals surface area contributed by atoms with Crippen molar-refractivity contribution in [3.05, 3.63) is 70.2 Å². The van der Waals surface area contributed by atoms with E-state index in [9.17, 15) is 0 Å². The van der Waals surface area contributed by atoms with E-state index in [1.54, 1.807) is 0 Å². The zero-order valence-electron chi connectivity index (χ0n) is 14.3. The normalized spacial score (nSPS) is 10.9. The first-order valence-electron chi connectivity index (χ1n) is 8.52. The van der Waals surface area contributed by atoms with Gasteiger partial charge in [0.05, 0.1) is 0 Å². The van der Waals surface area contributed by atoms with Gasteiger partial charge >= 0.3 is 0 Å². The van der Waals surface area contributed by atoms with E-state index in [2.05, 4.69) is 27.8 Å². The average Bonchev–Trinajstić information content (AvgIpc) is 3.02. The summed E-state index contributed by atoms with van der Waals surface area (Å²) < 4.78 is 0. The van der Waals surface area contributed by atoms with E-state index in [0.29, 0.717) is 16.6 Å². The van der Waals surface area contributed by atoms with Crippen molar-refractivity contribution in [2.45, 2.75) is 6.42 Å². The number of aromatic nitrogens is 1. The van der Waals surface area contributed by atoms with Crippen molar-refractivity contribution in [2.75, 3.05) is 11.9 Å². The lowest BCUT2D eigenvalue weighted by Crippen LogP contribution is -2.10. The van der Waals surface area contributed by atoms with E-state index in [4.69, 9.17) is 28.5 Å². The van der Waals surface area contributed by atoms with Gasteiger partial charge in [-0.1, -0.05) is 23.2 Å². The fourth-order valence-electron chi connectivity index (χ4n) is 3.27. The topological polar surface area (TPSA) is 63.6 Å². The Labute approximate surface area is 166 Å². The Morgan fingerprint density at radius 2 is 1.67 bits per heavy atom. The van der Waals surface area contributed by atoms with Gasteiger partial charge in [-0.15, -0.1) is 0 Å². The van der Waals surface area contributed by atoms with Gasteiger partial charge in [-0.25, -0.2) is 0 Å². The number of hydrogen-bond donors (Lipinski definition) is 3. The quantitative estimate of drug-likeness (QED) is 0.221. The van der Waals surface area contributed by atoms with Crippen LogP contribution in [-0.2, 0) is 6.42 Å². The summed E-state index contributed by atoms with van der Waals surface area (Å²) in [6.45, 7) is 0.576. The lowest BCUT2D eigenvalue weighted by atomic mass is 10.0. The highest BCUT2D eigenvalue weighted by molar-refractivity contribution is 6.32. The lowest BCUT2D eigenvalue weighted by molar-refractivity contribution is 0.847. The van der Waals surface area contributed by atoms with E-state index < -0.39 is 0 Å². The number of nitrogens with one attached hydrogen (secondary N) is 3. The van der Waals surface area contributed by atoms with Crippen LogP contribution < -0.4 is 10.6 Å². The minimum atomic E-state index is 0.576. The predicted octanol–water partition coefficient (Wildman–Crippen LogP) is 5.98. The highest BCUT2D eigenvalue weighted by Gasteiger charge is 2.11. The first-order valence-corrected chi connectivity index (χ1v) is 9.28. The molecule has 1 aromatic heterocycles. The molecule has 1 heterocycles. The van der Waals surface area contributed by atoms with Gasteiger partial charge in [-0.3, -0.25) is 0 Å². The molecular formula is C21H16Cl2N4. The largest absolute Gasteiger partial charge is 0.355 e. The van der Waals surface area contributed by atoms with Crippen LogP contribution in [0.2, 0.25) is 10.0 Å². The lowest BCUT2D eigenvalue weighted by Gasteiger charge is -2.10. The van der Waals surface area contributed by atoms with Crippen molar-refractivity contribution in [1.29, 1.82) is 5.26 Å². The van der Waals surface area contributed by atoms with Crippen LogP contribution in [0.1, 0.15) is 5.56 Å². The third kappa shape index (κ3) is 3.66. The highest BCUT2D eigenvalue weighted by atomic mass is 35.5. The smallest absolute Gasteiger partial charge is 0.176 e. The van der Waals surface area contributed by atoms with Crippen molar-refractivity contribution >= 4 is 56.4 Å². The van der Waals surface area contributed by atoms with Crippen LogP contribution in [0.25, 0.3) is 21.8 Å². The maximum absolute atomic E-state index is 8.77. The Hall–Kier alpha value is -2.87. The maximum atomic E-state index is 8.77. The van der Waals surface area contributed by atoms with Gasteiger partial charge < -0.3 is 15.6 Å². The minimum Gasteiger partial charge on any atom is -0.355 e. The van der Waals surface area contributed by atoms with Crippen molar-refractivity contribution in [3.63, 3.8) is 0 Å². The summed E-state index contributed by atoms with van der Waals surface area (Å²) in [6.07, 6.45) is 2.70. The van der Waals surface area contributed by atoms with Crippen LogP contribution in [0.3, 0.4) is 0 Å². The molecule has 4 aromatic rings. The van der Waals surface area contributed by atoms with E-state index in [0.717, 1.165) is 45.2 Å². The Morgan fingerprint density at radius 3 is 2.44 bits per heavy atom. The number of fused-ring (bicyclic) bond motifs is 3. The van der Waals surface area contributed by atoms with Gasteiger partial charge in [0.1, 0.15) is 0 Å². The third-order valence-electron chi connectivity index (χ3n) is 4.48. The summed E-state index contributed by atoms with van der Waals surface area (Å²) in [5, 5.41) is 18.5. The second-order valence-electron chi connectivity index (χ2n) is 6.29. The Kier molecular flexibility index (Phi) is 4.81. The molecule has 3 aromatic carbocycles. The number of benzene rings is 3. The molecule has 4 rings (SSSR count). The summed E-state index contributed by atoms with van der Waals surface area (Å²) in [5.74, 6) is 0. The Bertz CT molecular complexity index is 1160. The van der Waals surface area contributed by atoms with E-state index in [-0.39, 0.29) is 0 Å². The fraction of sp³-hybridized carbons (Fsp3) is 0.0952. The van der Waals surface area contributed by atoms with Crippen molar-refractivity contribution in [3.8, 4) is 6.19 Å². The second kappa shape index (κ2) is 7.40. The monoisotopic (exact) mass is 394 g/mol. The zero-order valence-corrected chi connectivity index (χ0v) is 15.8. The van der Waals surface area contributed by atoms with Gasteiger partial charge in [0.15, 0.2) is 6.19 Å². The van der Waals surface area contributed by atoms with Crippen LogP contribution >= 0.6 is 23.2 Å². The molecule has 0 amide bonds. The number of nitriles is 1. The molecule has 0 fully saturated rings. The number of anilines is 2. The fourth-order valence-corrected chi connectivity index (χ4v) is 3.57. The number of hydrogen-bond acceptors (Lipinski definition) is 3. The molecule has 0 saturated carbocycles. The third-order valence-corrected chi connectivity index (χ3v) is 4.97. The van der Waals surface area contributed by atoms with Crippen LogP contribution in [0.4, 0.5) is 11.4 Å². The Morgan fingerprint density at radius 1 is 0.889 bits per heavy atom. The van der Waals surface area contributed by atoms with E-state index in [1.165, 1.54) is 0 Å². The maximum Gasteiger partial charge on any atom is 0.176 e. The van der Waals surface area contributed by atoms with Crippen LogP contribution in [0, 0.1) is 11.5 Å². The van der Waals surface area contributed by atoms with Crippen molar-refractivity contribution < 1.29 is 0 Å². The minimum absolute atomic E-state index is 0.576. The molecule has 0 aliphatic rings. The van der Waals surface area contributed by atoms with E-state index >= 15 is 0 Å². The number of aromatic amines is 1. The first-order chi connectivity index (χ1) is 13.1. The standard InChI is InChI=1S/C21H16Cl2N4/c22-14-1-4-16(5-2-14)26-17-9-13(7-8-25-12-24)21-19(11-17)18-10-15(23)3-6-20(18)27-21/h1-6,9-11,25-27H,7-8H2. The van der Waals surface area contributed by atoms with Crippen molar-refractivity contribution in [2.24, 2.45) is 0 Å². The molecule has 0 saturated heterocycles. The molecule has 4 nitrogen and oxygen atoms in total. The Balaban J connectivity index is 1.83.